The van der Waals surface area contributed by atoms with E-state index in [0.29, 0.717) is 16.3 Å². The number of hydrogen-bond acceptors (Lipinski definition) is 3. The molecule has 0 heterocycles. The molecule has 0 radical (unpaired) electrons. The number of rotatable bonds is 4. The minimum absolute atomic E-state index is 0.310. The summed E-state index contributed by atoms with van der Waals surface area (Å²) in [6, 6.07) is 13.9. The third-order valence-electron chi connectivity index (χ3n) is 3.15. The molecule has 0 aromatic heterocycles. The number of sulfonamides is 1. The van der Waals surface area contributed by atoms with Crippen LogP contribution in [0.5, 0.6) is 5.75 Å². The average molecular weight is 291 g/mol. The lowest BCUT2D eigenvalue weighted by molar-refractivity contribution is 0.415. The first-order valence-electron chi connectivity index (χ1n) is 6.15. The molecule has 2 rings (SSSR count). The molecule has 0 saturated carbocycles. The monoisotopic (exact) mass is 291 g/mol. The Morgan fingerprint density at radius 3 is 2.40 bits per heavy atom. The van der Waals surface area contributed by atoms with Crippen molar-refractivity contribution >= 4 is 15.7 Å². The molecular weight excluding hydrogens is 274 g/mol. The largest absolute Gasteiger partial charge is 0.497 e. The number of anilines is 1. The van der Waals surface area contributed by atoms with Gasteiger partial charge in [0.2, 0.25) is 0 Å². The van der Waals surface area contributed by atoms with E-state index in [-0.39, 0.29) is 0 Å². The van der Waals surface area contributed by atoms with Gasteiger partial charge in [-0.1, -0.05) is 24.3 Å². The zero-order valence-corrected chi connectivity index (χ0v) is 12.5. The van der Waals surface area contributed by atoms with Crippen LogP contribution in [-0.2, 0) is 10.0 Å². The summed E-state index contributed by atoms with van der Waals surface area (Å²) in [6.07, 6.45) is 0. The average Bonchev–Trinajstić information content (AvgIpc) is 2.46. The highest BCUT2D eigenvalue weighted by molar-refractivity contribution is 7.92. The van der Waals surface area contributed by atoms with Gasteiger partial charge in [-0.05, 0) is 30.7 Å². The van der Waals surface area contributed by atoms with Crippen molar-refractivity contribution in [3.8, 4) is 5.75 Å². The van der Waals surface area contributed by atoms with E-state index >= 15 is 0 Å². The molecular formula is C15H17NO3S. The van der Waals surface area contributed by atoms with E-state index < -0.39 is 10.0 Å². The molecule has 106 valence electrons. The maximum atomic E-state index is 12.6. The van der Waals surface area contributed by atoms with Gasteiger partial charge in [-0.3, -0.25) is 4.31 Å². The fourth-order valence-corrected chi connectivity index (χ4v) is 3.35. The normalized spacial score (nSPS) is 11.2. The Morgan fingerprint density at radius 1 is 1.05 bits per heavy atom. The Bertz CT molecular complexity index is 711. The number of methoxy groups -OCH3 is 1. The molecule has 0 unspecified atom stereocenters. The van der Waals surface area contributed by atoms with Gasteiger partial charge in [-0.15, -0.1) is 0 Å². The Labute approximate surface area is 119 Å². The maximum Gasteiger partial charge on any atom is 0.264 e. The van der Waals surface area contributed by atoms with E-state index in [2.05, 4.69) is 0 Å². The lowest BCUT2D eigenvalue weighted by Gasteiger charge is -2.21. The minimum atomic E-state index is -3.57. The lowest BCUT2D eigenvalue weighted by Crippen LogP contribution is -2.27. The zero-order valence-electron chi connectivity index (χ0n) is 11.7. The molecule has 0 saturated heterocycles. The second kappa shape index (κ2) is 5.54. The first kappa shape index (κ1) is 14.4. The van der Waals surface area contributed by atoms with Crippen LogP contribution >= 0.6 is 0 Å². The van der Waals surface area contributed by atoms with E-state index in [0.717, 1.165) is 5.56 Å². The quantitative estimate of drug-likeness (QED) is 0.870. The molecule has 0 fully saturated rings. The summed E-state index contributed by atoms with van der Waals surface area (Å²) in [4.78, 5) is 0.310. The van der Waals surface area contributed by atoms with Crippen LogP contribution in [-0.4, -0.2) is 22.6 Å². The Kier molecular flexibility index (Phi) is 3.99. The van der Waals surface area contributed by atoms with Gasteiger partial charge in [-0.2, -0.15) is 0 Å². The van der Waals surface area contributed by atoms with Gasteiger partial charge in [0.25, 0.3) is 10.0 Å². The molecule has 0 N–H and O–H groups in total. The molecule has 0 spiro atoms. The molecule has 0 bridgehead atoms. The Balaban J connectivity index is 2.46. The van der Waals surface area contributed by atoms with Crippen molar-refractivity contribution in [2.24, 2.45) is 0 Å². The fraction of sp³-hybridized carbons (Fsp3) is 0.200. The van der Waals surface area contributed by atoms with Gasteiger partial charge in [0, 0.05) is 13.1 Å². The molecule has 4 nitrogen and oxygen atoms in total. The molecule has 0 amide bonds. The van der Waals surface area contributed by atoms with Crippen molar-refractivity contribution in [1.29, 1.82) is 0 Å². The van der Waals surface area contributed by atoms with Crippen LogP contribution in [0.1, 0.15) is 5.56 Å². The third kappa shape index (κ3) is 2.63. The molecule has 20 heavy (non-hydrogen) atoms. The Hall–Kier alpha value is -2.01. The minimum Gasteiger partial charge on any atom is -0.497 e. The second-order valence-electron chi connectivity index (χ2n) is 4.44. The van der Waals surface area contributed by atoms with Crippen molar-refractivity contribution in [3.05, 3.63) is 54.1 Å². The highest BCUT2D eigenvalue weighted by Crippen LogP contribution is 2.26. The predicted molar refractivity (Wildman–Crippen MR) is 79.8 cm³/mol. The van der Waals surface area contributed by atoms with E-state index in [1.807, 2.05) is 6.07 Å². The standard InChI is InChI=1S/C15H17NO3S/c1-12-7-4-5-10-15(12)20(17,18)16(2)13-8-6-9-14(11-13)19-3/h4-11H,1-3H3. The summed E-state index contributed by atoms with van der Waals surface area (Å²) in [6.45, 7) is 1.78. The SMILES string of the molecule is COc1cccc(N(C)S(=O)(=O)c2ccccc2C)c1. The van der Waals surface area contributed by atoms with Crippen molar-refractivity contribution in [3.63, 3.8) is 0 Å². The molecule has 2 aromatic rings. The maximum absolute atomic E-state index is 12.6. The first-order valence-corrected chi connectivity index (χ1v) is 7.59. The summed E-state index contributed by atoms with van der Waals surface area (Å²) >= 11 is 0. The summed E-state index contributed by atoms with van der Waals surface area (Å²) in [5, 5.41) is 0. The molecule has 0 aliphatic heterocycles. The van der Waals surface area contributed by atoms with Gasteiger partial charge in [0.15, 0.2) is 0 Å². The van der Waals surface area contributed by atoms with Crippen LogP contribution in [0.25, 0.3) is 0 Å². The summed E-state index contributed by atoms with van der Waals surface area (Å²) in [5.41, 5.74) is 1.29. The number of benzene rings is 2. The van der Waals surface area contributed by atoms with Crippen molar-refractivity contribution in [1.82, 2.24) is 0 Å². The molecule has 2 aromatic carbocycles. The van der Waals surface area contributed by atoms with Gasteiger partial charge in [0.05, 0.1) is 17.7 Å². The van der Waals surface area contributed by atoms with Gasteiger partial charge in [0.1, 0.15) is 5.75 Å². The fourth-order valence-electron chi connectivity index (χ4n) is 1.94. The molecule has 0 atom stereocenters. The van der Waals surface area contributed by atoms with Crippen LogP contribution in [0, 0.1) is 6.92 Å². The van der Waals surface area contributed by atoms with Crippen LogP contribution in [0.15, 0.2) is 53.4 Å². The van der Waals surface area contributed by atoms with Crippen LogP contribution < -0.4 is 9.04 Å². The lowest BCUT2D eigenvalue weighted by atomic mass is 10.2. The molecule has 0 aliphatic carbocycles. The highest BCUT2D eigenvalue weighted by atomic mass is 32.2. The summed E-state index contributed by atoms with van der Waals surface area (Å²) < 4.78 is 31.7. The van der Waals surface area contributed by atoms with Crippen LogP contribution in [0.3, 0.4) is 0 Å². The first-order chi connectivity index (χ1) is 9.46. The number of aryl methyl sites for hydroxylation is 1. The summed E-state index contributed by atoms with van der Waals surface area (Å²) in [5.74, 6) is 0.620. The smallest absolute Gasteiger partial charge is 0.264 e. The van der Waals surface area contributed by atoms with E-state index in [1.54, 1.807) is 56.5 Å². The topological polar surface area (TPSA) is 46.6 Å². The van der Waals surface area contributed by atoms with E-state index in [9.17, 15) is 8.42 Å². The van der Waals surface area contributed by atoms with Gasteiger partial charge < -0.3 is 4.74 Å². The van der Waals surface area contributed by atoms with Gasteiger partial charge in [-0.25, -0.2) is 8.42 Å². The second-order valence-corrected chi connectivity index (χ2v) is 6.38. The van der Waals surface area contributed by atoms with Crippen molar-refractivity contribution in [2.75, 3.05) is 18.5 Å². The van der Waals surface area contributed by atoms with E-state index in [1.165, 1.54) is 11.4 Å². The highest BCUT2D eigenvalue weighted by Gasteiger charge is 2.22. The Morgan fingerprint density at radius 2 is 1.75 bits per heavy atom. The van der Waals surface area contributed by atoms with Crippen molar-refractivity contribution < 1.29 is 13.2 Å². The number of nitrogens with zero attached hydrogens (tertiary/aromatic N) is 1. The van der Waals surface area contributed by atoms with Crippen molar-refractivity contribution in [2.45, 2.75) is 11.8 Å². The number of ether oxygens (including phenoxy) is 1. The molecule has 0 aliphatic rings. The van der Waals surface area contributed by atoms with Crippen LogP contribution in [0.2, 0.25) is 0 Å². The van der Waals surface area contributed by atoms with Gasteiger partial charge >= 0.3 is 0 Å². The predicted octanol–water partition coefficient (Wildman–Crippen LogP) is 2.83. The van der Waals surface area contributed by atoms with Crippen LogP contribution in [0.4, 0.5) is 5.69 Å². The third-order valence-corrected chi connectivity index (χ3v) is 5.09. The zero-order chi connectivity index (χ0) is 14.8. The van der Waals surface area contributed by atoms with E-state index in [4.69, 9.17) is 4.74 Å². The molecule has 5 heteroatoms. The summed E-state index contributed by atoms with van der Waals surface area (Å²) in [7, 11) is -0.481. The number of hydrogen-bond donors (Lipinski definition) is 0.